The molecule has 0 saturated heterocycles. The van der Waals surface area contributed by atoms with Gasteiger partial charge in [0.05, 0.1) is 0 Å². The van der Waals surface area contributed by atoms with Crippen molar-refractivity contribution in [1.29, 1.82) is 5.41 Å². The molecule has 0 aliphatic rings. The van der Waals surface area contributed by atoms with E-state index in [9.17, 15) is 4.79 Å². The van der Waals surface area contributed by atoms with Gasteiger partial charge in [0.2, 0.25) is 5.84 Å². The van der Waals surface area contributed by atoms with E-state index in [1.807, 2.05) is 0 Å². The SMILES string of the molecule is Cl.N=C(N)C(=O)O.[Pb].[Pb].[Pb]. The number of halogens is 1. The van der Waals surface area contributed by atoms with Gasteiger partial charge in [-0.3, -0.25) is 5.41 Å². The molecule has 0 aliphatic heterocycles. The van der Waals surface area contributed by atoms with Crippen molar-refractivity contribution in [3.05, 3.63) is 0 Å². The number of rotatable bonds is 0. The predicted octanol–water partition coefficient (Wildman–Crippen LogP) is -1.71. The van der Waals surface area contributed by atoms with E-state index >= 15 is 0 Å². The zero-order chi connectivity index (χ0) is 5.15. The van der Waals surface area contributed by atoms with Crippen LogP contribution in [0.4, 0.5) is 0 Å². The van der Waals surface area contributed by atoms with Crippen LogP contribution in [0.1, 0.15) is 0 Å². The Morgan fingerprint density at radius 2 is 1.40 bits per heavy atom. The van der Waals surface area contributed by atoms with E-state index in [1.54, 1.807) is 0 Å². The Morgan fingerprint density at radius 1 is 1.30 bits per heavy atom. The summed E-state index contributed by atoms with van der Waals surface area (Å²) in [6.45, 7) is 0. The number of hydrogen-bond acceptors (Lipinski definition) is 2. The van der Waals surface area contributed by atoms with E-state index in [4.69, 9.17) is 10.5 Å². The zero-order valence-electron chi connectivity index (χ0n) is 4.84. The second kappa shape index (κ2) is 17.2. The summed E-state index contributed by atoms with van der Waals surface area (Å²) in [5, 5.41) is 13.8. The van der Waals surface area contributed by atoms with Gasteiger partial charge < -0.3 is 10.8 Å². The van der Waals surface area contributed by atoms with E-state index in [2.05, 4.69) is 5.73 Å². The molecule has 0 bridgehead atoms. The van der Waals surface area contributed by atoms with Crippen molar-refractivity contribution in [3.63, 3.8) is 0 Å². The van der Waals surface area contributed by atoms with E-state index in [0.29, 0.717) is 0 Å². The van der Waals surface area contributed by atoms with Gasteiger partial charge in [0.1, 0.15) is 0 Å². The largest absolute Gasteiger partial charge is 0.475 e. The minimum absolute atomic E-state index is 0. The second-order valence-corrected chi connectivity index (χ2v) is 0.719. The topological polar surface area (TPSA) is 87.2 Å². The van der Waals surface area contributed by atoms with Gasteiger partial charge in [0.25, 0.3) is 0 Å². The molecule has 0 spiro atoms. The third kappa shape index (κ3) is 22.5. The Morgan fingerprint density at radius 3 is 1.40 bits per heavy atom. The minimum atomic E-state index is -1.38. The van der Waals surface area contributed by atoms with Gasteiger partial charge in [-0.25, -0.2) is 4.79 Å². The number of carboxylic acids is 1. The molecule has 0 saturated carbocycles. The molecule has 4 nitrogen and oxygen atoms in total. The zero-order valence-corrected chi connectivity index (χ0v) is 17.3. The molecule has 4 N–H and O–H groups in total. The molecule has 0 aromatic rings. The molecule has 12 radical (unpaired) electrons. The standard InChI is InChI=1S/C2H4N2O2.ClH.3Pb/c3-1(4)2(5)6;;;;/h(H3,3,4)(H,5,6);1H;;;. The van der Waals surface area contributed by atoms with Crippen LogP contribution in [0.25, 0.3) is 0 Å². The van der Waals surface area contributed by atoms with Crippen molar-refractivity contribution < 1.29 is 9.90 Å². The monoisotopic (exact) mass is 748 g/mol. The summed E-state index contributed by atoms with van der Waals surface area (Å²) in [7, 11) is 0. The molecule has 8 heteroatoms. The maximum Gasteiger partial charge on any atom is 0.370 e. The summed E-state index contributed by atoms with van der Waals surface area (Å²) in [5.74, 6) is -2.20. The van der Waals surface area contributed by atoms with E-state index in [0.717, 1.165) is 0 Å². The van der Waals surface area contributed by atoms with Crippen LogP contribution in [0.15, 0.2) is 0 Å². The van der Waals surface area contributed by atoms with Crippen molar-refractivity contribution in [2.75, 3.05) is 0 Å². The molecule has 0 unspecified atom stereocenters. The molecule has 0 fully saturated rings. The van der Waals surface area contributed by atoms with Gasteiger partial charge in [0, 0.05) is 81.9 Å². The molecule has 0 aromatic heterocycles. The average molecular weight is 746 g/mol. The first-order valence-corrected chi connectivity index (χ1v) is 1.22. The number of nitrogens with two attached hydrogens (primary N) is 1. The first-order chi connectivity index (χ1) is 2.64. The van der Waals surface area contributed by atoms with E-state index in [1.165, 1.54) is 0 Å². The molecule has 0 atom stereocenters. The Kier molecular flexibility index (Phi) is 50.9. The Bertz CT molecular complexity index is 88.5. The average Bonchev–Trinajstić information content (AvgIpc) is 1.36. The summed E-state index contributed by atoms with van der Waals surface area (Å²) >= 11 is 0. The quantitative estimate of drug-likeness (QED) is 0.157. The molecule has 0 rings (SSSR count). The minimum Gasteiger partial charge on any atom is -0.475 e. The third-order valence-electron chi connectivity index (χ3n) is 0.230. The fourth-order valence-electron chi connectivity index (χ4n) is 0. The molecular weight excluding hydrogens is 741 g/mol. The molecule has 54 valence electrons. The number of hydrogen-bond donors (Lipinski definition) is 3. The van der Waals surface area contributed by atoms with Gasteiger partial charge in [-0.15, -0.1) is 12.4 Å². The van der Waals surface area contributed by atoms with Gasteiger partial charge in [-0.2, -0.15) is 0 Å². The molecule has 0 amide bonds. The van der Waals surface area contributed by atoms with Gasteiger partial charge in [-0.1, -0.05) is 0 Å². The maximum atomic E-state index is 9.35. The first kappa shape index (κ1) is 29.6. The van der Waals surface area contributed by atoms with Crippen LogP contribution in [-0.4, -0.2) is 98.8 Å². The van der Waals surface area contributed by atoms with Crippen molar-refractivity contribution in [3.8, 4) is 0 Å². The van der Waals surface area contributed by atoms with E-state index in [-0.39, 0.29) is 94.3 Å². The molecule has 0 aromatic carbocycles. The van der Waals surface area contributed by atoms with Crippen LogP contribution in [0.2, 0.25) is 0 Å². The third-order valence-corrected chi connectivity index (χ3v) is 0.230. The van der Waals surface area contributed by atoms with Gasteiger partial charge in [-0.05, 0) is 0 Å². The first-order valence-electron chi connectivity index (χ1n) is 1.22. The molecule has 0 aliphatic carbocycles. The predicted molar refractivity (Wildman–Crippen MR) is 44.1 cm³/mol. The molecule has 0 heterocycles. The van der Waals surface area contributed by atoms with Crippen LogP contribution in [0.5, 0.6) is 0 Å². The molecule has 10 heavy (non-hydrogen) atoms. The fourth-order valence-corrected chi connectivity index (χ4v) is 0. The van der Waals surface area contributed by atoms with Crippen molar-refractivity contribution >= 4 is 106 Å². The number of amidine groups is 1. The van der Waals surface area contributed by atoms with Crippen molar-refractivity contribution in [2.24, 2.45) is 5.73 Å². The summed E-state index contributed by atoms with van der Waals surface area (Å²) in [5.41, 5.74) is 4.42. The van der Waals surface area contributed by atoms with Gasteiger partial charge in [0.15, 0.2) is 0 Å². The van der Waals surface area contributed by atoms with Crippen LogP contribution < -0.4 is 5.73 Å². The maximum absolute atomic E-state index is 9.35. The number of nitrogens with one attached hydrogen (secondary N) is 1. The van der Waals surface area contributed by atoms with Crippen molar-refractivity contribution in [2.45, 2.75) is 0 Å². The second-order valence-electron chi connectivity index (χ2n) is 0.719. The number of carbonyl (C=O) groups is 1. The van der Waals surface area contributed by atoms with E-state index < -0.39 is 11.8 Å². The number of aliphatic carboxylic acids is 1. The Labute approximate surface area is 125 Å². The van der Waals surface area contributed by atoms with Gasteiger partial charge >= 0.3 is 5.97 Å². The van der Waals surface area contributed by atoms with Crippen LogP contribution in [0.3, 0.4) is 0 Å². The Hall–Kier alpha value is 2.00. The summed E-state index contributed by atoms with van der Waals surface area (Å²) < 4.78 is 0. The fraction of sp³-hybridized carbons (Fsp3) is 0. The summed E-state index contributed by atoms with van der Waals surface area (Å²) in [4.78, 5) is 9.35. The molecular formula is C2H5ClN2O2Pb3. The summed E-state index contributed by atoms with van der Waals surface area (Å²) in [6.07, 6.45) is 0. The summed E-state index contributed by atoms with van der Waals surface area (Å²) in [6, 6.07) is 0. The van der Waals surface area contributed by atoms with Crippen LogP contribution in [-0.2, 0) is 4.79 Å². The Balaban J connectivity index is -0.0000000208. The normalized spacial score (nSPS) is 4.40. The number of carboxylic acid groups (broad SMARTS) is 1. The van der Waals surface area contributed by atoms with Crippen LogP contribution in [0, 0.1) is 5.41 Å². The smallest absolute Gasteiger partial charge is 0.370 e. The van der Waals surface area contributed by atoms with Crippen molar-refractivity contribution in [1.82, 2.24) is 0 Å². The van der Waals surface area contributed by atoms with Crippen LogP contribution >= 0.6 is 12.4 Å².